The average molecular weight is 331 g/mol. The maximum Gasteiger partial charge on any atom is 0.243 e. The molecule has 1 aliphatic rings. The monoisotopic (exact) mass is 331 g/mol. The van der Waals surface area contributed by atoms with Crippen LogP contribution < -0.4 is 0 Å². The highest BCUT2D eigenvalue weighted by molar-refractivity contribution is 7.92. The number of aryl methyl sites for hydroxylation is 2. The maximum absolute atomic E-state index is 12.8. The molecule has 0 unspecified atom stereocenters. The van der Waals surface area contributed by atoms with E-state index >= 15 is 0 Å². The van der Waals surface area contributed by atoms with E-state index < -0.39 is 25.4 Å². The van der Waals surface area contributed by atoms with Crippen LogP contribution in [0.3, 0.4) is 0 Å². The standard InChI is InChI=1S/C14H21NO4S2/c1-11-5-6-12(2)13(9-11)21(18,19)15(4)14(3)7-8-20(16,17)10-14/h5-6,9H,7-8,10H2,1-4H3/t14-/m1/s1. The van der Waals surface area contributed by atoms with Gasteiger partial charge in [-0.3, -0.25) is 0 Å². The SMILES string of the molecule is Cc1ccc(C)c(S(=O)(=O)N(C)[C@]2(C)CCS(=O)(=O)C2)c1. The van der Waals surface area contributed by atoms with Crippen molar-refractivity contribution >= 4 is 19.9 Å². The van der Waals surface area contributed by atoms with Crippen LogP contribution in [0.5, 0.6) is 0 Å². The number of rotatable bonds is 3. The van der Waals surface area contributed by atoms with Gasteiger partial charge in [-0.15, -0.1) is 0 Å². The average Bonchev–Trinajstić information content (AvgIpc) is 2.66. The molecule has 1 aromatic rings. The molecule has 7 heteroatoms. The van der Waals surface area contributed by atoms with Crippen LogP contribution in [0.4, 0.5) is 0 Å². The molecule has 2 rings (SSSR count). The molecule has 0 radical (unpaired) electrons. The van der Waals surface area contributed by atoms with Crippen molar-refractivity contribution in [2.24, 2.45) is 0 Å². The molecular formula is C14H21NO4S2. The zero-order valence-corrected chi connectivity index (χ0v) is 14.4. The van der Waals surface area contributed by atoms with E-state index in [9.17, 15) is 16.8 Å². The van der Waals surface area contributed by atoms with Gasteiger partial charge in [0, 0.05) is 12.6 Å². The lowest BCUT2D eigenvalue weighted by Crippen LogP contribution is -2.48. The Bertz CT molecular complexity index is 768. The molecule has 21 heavy (non-hydrogen) atoms. The summed E-state index contributed by atoms with van der Waals surface area (Å²) in [6.45, 7) is 5.27. The minimum atomic E-state index is -3.72. The third-order valence-electron chi connectivity index (χ3n) is 4.22. The van der Waals surface area contributed by atoms with Crippen LogP contribution in [0.25, 0.3) is 0 Å². The molecule has 0 bridgehead atoms. The Balaban J connectivity index is 2.47. The molecule has 1 fully saturated rings. The summed E-state index contributed by atoms with van der Waals surface area (Å²) in [5.74, 6) is -0.0866. The van der Waals surface area contributed by atoms with Gasteiger partial charge in [-0.25, -0.2) is 16.8 Å². The van der Waals surface area contributed by atoms with Crippen LogP contribution >= 0.6 is 0 Å². The van der Waals surface area contributed by atoms with Crippen molar-refractivity contribution in [1.29, 1.82) is 0 Å². The summed E-state index contributed by atoms with van der Waals surface area (Å²) in [7, 11) is -5.41. The Morgan fingerprint density at radius 3 is 2.38 bits per heavy atom. The van der Waals surface area contributed by atoms with Crippen LogP contribution in [0, 0.1) is 13.8 Å². The molecule has 0 amide bonds. The second kappa shape index (κ2) is 5.07. The first kappa shape index (κ1) is 16.5. The van der Waals surface area contributed by atoms with E-state index in [2.05, 4.69) is 0 Å². The van der Waals surface area contributed by atoms with Gasteiger partial charge in [0.1, 0.15) is 0 Å². The lowest BCUT2D eigenvalue weighted by molar-refractivity contribution is 0.272. The van der Waals surface area contributed by atoms with Crippen molar-refractivity contribution < 1.29 is 16.8 Å². The Hall–Kier alpha value is -0.920. The number of sulfonamides is 1. The van der Waals surface area contributed by atoms with E-state index in [-0.39, 0.29) is 16.4 Å². The normalized spacial score (nSPS) is 25.4. The molecule has 1 heterocycles. The van der Waals surface area contributed by atoms with E-state index in [4.69, 9.17) is 0 Å². The summed E-state index contributed by atoms with van der Waals surface area (Å²) in [6, 6.07) is 5.26. The van der Waals surface area contributed by atoms with Crippen molar-refractivity contribution in [2.45, 2.75) is 37.6 Å². The van der Waals surface area contributed by atoms with Gasteiger partial charge in [0.15, 0.2) is 9.84 Å². The van der Waals surface area contributed by atoms with Crippen LogP contribution in [-0.2, 0) is 19.9 Å². The van der Waals surface area contributed by atoms with Crippen molar-refractivity contribution in [1.82, 2.24) is 4.31 Å². The first-order valence-electron chi connectivity index (χ1n) is 6.75. The van der Waals surface area contributed by atoms with Crippen LogP contribution in [0.1, 0.15) is 24.5 Å². The maximum atomic E-state index is 12.8. The highest BCUT2D eigenvalue weighted by Crippen LogP contribution is 2.33. The summed E-state index contributed by atoms with van der Waals surface area (Å²) >= 11 is 0. The van der Waals surface area contributed by atoms with Crippen molar-refractivity contribution in [3.8, 4) is 0 Å². The van der Waals surface area contributed by atoms with Gasteiger partial charge in [0.2, 0.25) is 10.0 Å². The first-order valence-corrected chi connectivity index (χ1v) is 10.0. The summed E-state index contributed by atoms with van der Waals surface area (Å²) < 4.78 is 50.3. The van der Waals surface area contributed by atoms with Crippen molar-refractivity contribution in [2.75, 3.05) is 18.6 Å². The second-order valence-corrected chi connectivity index (χ2v) is 10.2. The zero-order chi connectivity index (χ0) is 16.1. The Labute approximate surface area is 126 Å². The number of hydrogen-bond acceptors (Lipinski definition) is 4. The number of hydrogen-bond donors (Lipinski definition) is 0. The van der Waals surface area contributed by atoms with Gasteiger partial charge in [-0.05, 0) is 44.4 Å². The molecule has 1 aromatic carbocycles. The van der Waals surface area contributed by atoms with Crippen LogP contribution in [0.15, 0.2) is 23.1 Å². The smallest absolute Gasteiger partial charge is 0.229 e. The second-order valence-electron chi connectivity index (χ2n) is 6.08. The van der Waals surface area contributed by atoms with E-state index in [1.807, 2.05) is 13.0 Å². The lowest BCUT2D eigenvalue weighted by atomic mass is 10.0. The highest BCUT2D eigenvalue weighted by Gasteiger charge is 2.46. The zero-order valence-electron chi connectivity index (χ0n) is 12.8. The largest absolute Gasteiger partial charge is 0.243 e. The first-order chi connectivity index (χ1) is 9.48. The van der Waals surface area contributed by atoms with Gasteiger partial charge < -0.3 is 0 Å². The quantitative estimate of drug-likeness (QED) is 0.841. The third kappa shape index (κ3) is 3.00. The molecule has 1 atom stereocenters. The van der Waals surface area contributed by atoms with E-state index in [1.54, 1.807) is 26.0 Å². The minimum absolute atomic E-state index is 0.0379. The summed E-state index contributed by atoms with van der Waals surface area (Å²) in [6.07, 6.45) is 0.329. The minimum Gasteiger partial charge on any atom is -0.229 e. The van der Waals surface area contributed by atoms with Crippen LogP contribution in [-0.4, -0.2) is 45.2 Å². The number of nitrogens with zero attached hydrogens (tertiary/aromatic N) is 1. The third-order valence-corrected chi connectivity index (χ3v) is 8.27. The van der Waals surface area contributed by atoms with E-state index in [0.717, 1.165) is 5.56 Å². The highest BCUT2D eigenvalue weighted by atomic mass is 32.2. The Morgan fingerprint density at radius 1 is 1.24 bits per heavy atom. The Morgan fingerprint density at radius 2 is 1.86 bits per heavy atom. The van der Waals surface area contributed by atoms with E-state index in [0.29, 0.717) is 12.0 Å². The fraction of sp³-hybridized carbons (Fsp3) is 0.571. The van der Waals surface area contributed by atoms with Gasteiger partial charge >= 0.3 is 0 Å². The van der Waals surface area contributed by atoms with Crippen molar-refractivity contribution in [3.63, 3.8) is 0 Å². The fourth-order valence-electron chi connectivity index (χ4n) is 2.66. The van der Waals surface area contributed by atoms with Gasteiger partial charge in [-0.1, -0.05) is 12.1 Å². The van der Waals surface area contributed by atoms with Crippen molar-refractivity contribution in [3.05, 3.63) is 29.3 Å². The molecule has 0 saturated carbocycles. The number of sulfone groups is 1. The predicted octanol–water partition coefficient (Wildman–Crippen LogP) is 1.50. The molecule has 1 aliphatic heterocycles. The Kier molecular flexibility index (Phi) is 3.97. The van der Waals surface area contributed by atoms with Gasteiger partial charge in [0.25, 0.3) is 0 Å². The summed E-state index contributed by atoms with van der Waals surface area (Å²) in [4.78, 5) is 0.246. The van der Waals surface area contributed by atoms with E-state index in [1.165, 1.54) is 11.4 Å². The fourth-order valence-corrected chi connectivity index (χ4v) is 6.77. The van der Waals surface area contributed by atoms with Gasteiger partial charge in [0.05, 0.1) is 16.4 Å². The molecule has 118 valence electrons. The summed E-state index contributed by atoms with van der Waals surface area (Å²) in [5, 5.41) is 0. The molecule has 5 nitrogen and oxygen atoms in total. The molecule has 0 N–H and O–H groups in total. The molecule has 0 aromatic heterocycles. The molecule has 1 saturated heterocycles. The lowest BCUT2D eigenvalue weighted by Gasteiger charge is -2.33. The molecule has 0 spiro atoms. The topological polar surface area (TPSA) is 71.5 Å². The summed E-state index contributed by atoms with van der Waals surface area (Å²) in [5.41, 5.74) is 0.641. The predicted molar refractivity (Wildman–Crippen MR) is 82.5 cm³/mol. The van der Waals surface area contributed by atoms with Crippen LogP contribution in [0.2, 0.25) is 0 Å². The number of benzene rings is 1. The molecular weight excluding hydrogens is 310 g/mol. The van der Waals surface area contributed by atoms with Gasteiger partial charge in [-0.2, -0.15) is 4.31 Å². The molecule has 0 aliphatic carbocycles.